The van der Waals surface area contributed by atoms with Gasteiger partial charge in [-0.3, -0.25) is 0 Å². The van der Waals surface area contributed by atoms with Gasteiger partial charge in [0, 0.05) is 0 Å². The predicted octanol–water partition coefficient (Wildman–Crippen LogP) is -3.19. The molecule has 0 spiro atoms. The summed E-state index contributed by atoms with van der Waals surface area (Å²) >= 11 is -3.65. The Morgan fingerprint density at radius 1 is 1.00 bits per heavy atom. The Balaban J connectivity index is 0. The van der Waals surface area contributed by atoms with Crippen LogP contribution in [0.5, 0.6) is 0 Å². The van der Waals surface area contributed by atoms with Crippen molar-refractivity contribution in [3.63, 3.8) is 0 Å². The van der Waals surface area contributed by atoms with E-state index in [4.69, 9.17) is 12.6 Å². The lowest BCUT2D eigenvalue weighted by molar-refractivity contribution is -1.73. The minimum atomic E-state index is -3.65. The van der Waals surface area contributed by atoms with E-state index in [0.29, 0.717) is 0 Å². The summed E-state index contributed by atoms with van der Waals surface area (Å²) in [5.41, 5.74) is 0. The van der Waals surface area contributed by atoms with Crippen LogP contribution in [-0.2, 0) is 0 Å². The first-order valence-corrected chi connectivity index (χ1v) is 2.41. The van der Waals surface area contributed by atoms with Crippen molar-refractivity contribution in [3.8, 4) is 0 Å². The molecule has 0 heterocycles. The van der Waals surface area contributed by atoms with Crippen LogP contribution in [0.3, 0.4) is 0 Å². The fraction of sp³-hybridized carbons (Fsp3) is 0. The largest absolute Gasteiger partial charge is 0.405 e. The van der Waals surface area contributed by atoms with Gasteiger partial charge in [0.05, 0.1) is 0 Å². The van der Waals surface area contributed by atoms with Crippen LogP contribution in [0.1, 0.15) is 0 Å². The van der Waals surface area contributed by atoms with Crippen LogP contribution < -0.4 is 18.7 Å². The third-order valence-electron chi connectivity index (χ3n) is 0. The zero-order valence-electron chi connectivity index (χ0n) is 2.60. The maximum Gasteiger partial charge on any atom is 0.216 e. The monoisotopic (exact) mass is 145 g/mol. The quantitative estimate of drug-likeness (QED) is 0.389. The van der Waals surface area contributed by atoms with E-state index in [1.807, 2.05) is 0 Å². The van der Waals surface area contributed by atoms with Gasteiger partial charge in [-0.2, -0.15) is 0 Å². The molecule has 0 aromatic rings. The van der Waals surface area contributed by atoms with Crippen molar-refractivity contribution in [2.75, 3.05) is 0 Å². The lowest BCUT2D eigenvalue weighted by Crippen LogP contribution is -2.42. The fourth-order valence-corrected chi connectivity index (χ4v) is 0. The molecule has 5 heavy (non-hydrogen) atoms. The highest BCUT2D eigenvalue weighted by Gasteiger charge is 1.67. The first-order chi connectivity index (χ1) is 1.73. The van der Waals surface area contributed by atoms with Gasteiger partial charge in [0.15, 0.2) is 0 Å². The molecule has 0 aliphatic rings. The molecule has 0 rings (SSSR count). The third-order valence-corrected chi connectivity index (χ3v) is 0. The van der Waals surface area contributed by atoms with Gasteiger partial charge in [-0.15, -0.1) is 0 Å². The second-order valence-corrected chi connectivity index (χ2v) is 0.982. The highest BCUT2D eigenvalue weighted by molar-refractivity contribution is 2.13. The smallest absolute Gasteiger partial charge is 0.216 e. The third kappa shape index (κ3) is 227. The molecule has 0 amide bonds. The molecular formula is H4BrNO3. The highest BCUT2D eigenvalue weighted by atomic mass is 80.0. The van der Waals surface area contributed by atoms with Crippen molar-refractivity contribution in [1.82, 2.24) is 6.15 Å². The molecule has 0 aliphatic heterocycles. The van der Waals surface area contributed by atoms with Crippen molar-refractivity contribution in [2.45, 2.75) is 0 Å². The molecule has 0 unspecified atom stereocenters. The van der Waals surface area contributed by atoms with Crippen molar-refractivity contribution in [1.29, 1.82) is 0 Å². The summed E-state index contributed by atoms with van der Waals surface area (Å²) in [5.74, 6) is 0. The summed E-state index contributed by atoms with van der Waals surface area (Å²) in [7, 11) is 0. The van der Waals surface area contributed by atoms with Gasteiger partial charge in [-0.05, 0) is 0 Å². The molecule has 0 saturated heterocycles. The lowest BCUT2D eigenvalue weighted by atomic mass is 14.0. The number of rotatable bonds is 0. The maximum atomic E-state index is 8.52. The summed E-state index contributed by atoms with van der Waals surface area (Å²) < 4.78 is 25.6. The summed E-state index contributed by atoms with van der Waals surface area (Å²) in [6.07, 6.45) is 0. The molecule has 0 aliphatic carbocycles. The minimum Gasteiger partial charge on any atom is -0.405 e. The molecule has 0 radical (unpaired) electrons. The van der Waals surface area contributed by atoms with Crippen molar-refractivity contribution in [2.24, 2.45) is 0 Å². The SMILES string of the molecule is [NH4+].[O-][Br+2]([O-])[O-]. The summed E-state index contributed by atoms with van der Waals surface area (Å²) in [6, 6.07) is 0. The molecule has 0 saturated carbocycles. The average Bonchev–Trinajstić information content (AvgIpc) is 0.811. The van der Waals surface area contributed by atoms with Crippen LogP contribution in [0.4, 0.5) is 0 Å². The lowest BCUT2D eigenvalue weighted by Gasteiger charge is -1.85. The van der Waals surface area contributed by atoms with E-state index in [0.717, 1.165) is 0 Å². The first-order valence-electron chi connectivity index (χ1n) is 0.463. The van der Waals surface area contributed by atoms with Gasteiger partial charge in [0.2, 0.25) is 14.8 Å². The molecule has 34 valence electrons. The molecule has 0 aromatic carbocycles. The van der Waals surface area contributed by atoms with Gasteiger partial charge >= 0.3 is 0 Å². The van der Waals surface area contributed by atoms with Crippen molar-refractivity contribution >= 4 is 0 Å². The highest BCUT2D eigenvalue weighted by Crippen LogP contribution is 1.24. The molecule has 4 nitrogen and oxygen atoms in total. The Labute approximate surface area is 34.5 Å². The normalized spacial score (nSPS) is 7.20. The summed E-state index contributed by atoms with van der Waals surface area (Å²) in [5, 5.41) is 0. The molecule has 0 bridgehead atoms. The van der Waals surface area contributed by atoms with E-state index >= 15 is 0 Å². The molecule has 0 fully saturated rings. The number of halogens is 1. The topological polar surface area (TPSA) is 106 Å². The summed E-state index contributed by atoms with van der Waals surface area (Å²) in [6.45, 7) is 0. The van der Waals surface area contributed by atoms with E-state index in [1.165, 1.54) is 0 Å². The zero-order valence-corrected chi connectivity index (χ0v) is 4.19. The van der Waals surface area contributed by atoms with Crippen molar-refractivity contribution < 1.29 is 27.4 Å². The molecular weight excluding hydrogens is 142 g/mol. The van der Waals surface area contributed by atoms with E-state index < -0.39 is 14.8 Å². The Bertz CT molecular complexity index is 11.6. The average molecular weight is 146 g/mol. The number of quaternary nitrogens is 1. The Hall–Kier alpha value is 0.320. The van der Waals surface area contributed by atoms with Gasteiger partial charge in [0.25, 0.3) is 0 Å². The zero-order chi connectivity index (χ0) is 3.58. The van der Waals surface area contributed by atoms with E-state index in [1.54, 1.807) is 0 Å². The van der Waals surface area contributed by atoms with Crippen LogP contribution in [0.15, 0.2) is 0 Å². The fourth-order valence-electron chi connectivity index (χ4n) is 0. The van der Waals surface area contributed by atoms with Crippen LogP contribution in [0.25, 0.3) is 0 Å². The number of hydrogen-bond acceptors (Lipinski definition) is 3. The minimum absolute atomic E-state index is 0. The molecule has 0 atom stereocenters. The van der Waals surface area contributed by atoms with Gasteiger partial charge in [-0.1, -0.05) is 0 Å². The van der Waals surface area contributed by atoms with Gasteiger partial charge in [-0.25, -0.2) is 0 Å². The van der Waals surface area contributed by atoms with Gasteiger partial charge in [0.1, 0.15) is 0 Å². The first kappa shape index (κ1) is 9.01. The Morgan fingerprint density at radius 2 is 1.00 bits per heavy atom. The second-order valence-electron chi connectivity index (χ2n) is 0.189. The van der Waals surface area contributed by atoms with Crippen LogP contribution in [0, 0.1) is 14.8 Å². The standard InChI is InChI=1S/BrO3.H3N/c2-1(3)4;/h;1H3/q-1;/p+1. The Kier molecular flexibility index (Phi) is 7.78. The Morgan fingerprint density at radius 3 is 1.00 bits per heavy atom. The van der Waals surface area contributed by atoms with E-state index in [-0.39, 0.29) is 6.15 Å². The maximum absolute atomic E-state index is 8.52. The van der Waals surface area contributed by atoms with E-state index in [2.05, 4.69) is 0 Å². The second kappa shape index (κ2) is 4.32. The number of hydrogen-bond donors (Lipinski definition) is 1. The summed E-state index contributed by atoms with van der Waals surface area (Å²) in [4.78, 5) is 0. The van der Waals surface area contributed by atoms with E-state index in [9.17, 15) is 0 Å². The van der Waals surface area contributed by atoms with Crippen molar-refractivity contribution in [3.05, 3.63) is 0 Å². The van der Waals surface area contributed by atoms with Crippen LogP contribution in [-0.4, -0.2) is 0 Å². The van der Waals surface area contributed by atoms with Gasteiger partial charge < -0.3 is 18.7 Å². The van der Waals surface area contributed by atoms with Crippen LogP contribution >= 0.6 is 0 Å². The predicted molar refractivity (Wildman–Crippen MR) is 5.98 cm³/mol. The molecule has 4 N–H and O–H groups in total. The molecule has 0 aromatic heterocycles. The van der Waals surface area contributed by atoms with Crippen LogP contribution in [0.2, 0.25) is 0 Å². The molecule has 5 heteroatoms.